The van der Waals surface area contributed by atoms with E-state index in [1.165, 1.54) is 10.5 Å². The lowest BCUT2D eigenvalue weighted by atomic mass is 10.1. The van der Waals surface area contributed by atoms with E-state index in [0.29, 0.717) is 19.0 Å². The van der Waals surface area contributed by atoms with Crippen molar-refractivity contribution in [3.63, 3.8) is 0 Å². The van der Waals surface area contributed by atoms with Crippen molar-refractivity contribution >= 4 is 10.0 Å². The molecule has 9 heteroatoms. The predicted octanol–water partition coefficient (Wildman–Crippen LogP) is 2.37. The van der Waals surface area contributed by atoms with Crippen molar-refractivity contribution in [2.75, 3.05) is 26.8 Å². The summed E-state index contributed by atoms with van der Waals surface area (Å²) >= 11 is 0. The van der Waals surface area contributed by atoms with Crippen LogP contribution in [0.2, 0.25) is 0 Å². The fourth-order valence-corrected chi connectivity index (χ4v) is 5.80. The molecule has 1 atom stereocenters. The highest BCUT2D eigenvalue weighted by Crippen LogP contribution is 2.32. The molecule has 2 aliphatic rings. The monoisotopic (exact) mass is 468 g/mol. The van der Waals surface area contributed by atoms with Crippen LogP contribution >= 0.6 is 0 Å². The summed E-state index contributed by atoms with van der Waals surface area (Å²) in [5, 5.41) is 4.38. The molecule has 0 spiro atoms. The fourth-order valence-electron chi connectivity index (χ4n) is 4.31. The fraction of sp³-hybridized carbons (Fsp3) is 0.375. The first kappa shape index (κ1) is 22.1. The van der Waals surface area contributed by atoms with Crippen LogP contribution in [-0.2, 0) is 34.4 Å². The highest BCUT2D eigenvalue weighted by molar-refractivity contribution is 7.89. The lowest BCUT2D eigenvalue weighted by molar-refractivity contribution is -0.0687. The molecule has 3 heterocycles. The van der Waals surface area contributed by atoms with Gasteiger partial charge in [0.25, 0.3) is 10.0 Å². The van der Waals surface area contributed by atoms with Crippen LogP contribution in [0.4, 0.5) is 0 Å². The van der Waals surface area contributed by atoms with E-state index >= 15 is 0 Å². The van der Waals surface area contributed by atoms with Crippen molar-refractivity contribution < 1.29 is 17.9 Å². The predicted molar refractivity (Wildman–Crippen MR) is 123 cm³/mol. The zero-order valence-corrected chi connectivity index (χ0v) is 19.4. The molecule has 174 valence electrons. The van der Waals surface area contributed by atoms with Gasteiger partial charge in [-0.2, -0.15) is 9.40 Å². The maximum Gasteiger partial charge on any atom is 0.250 e. The van der Waals surface area contributed by atoms with Crippen molar-refractivity contribution in [2.45, 2.75) is 36.7 Å². The number of benzene rings is 2. The molecule has 0 bridgehead atoms. The van der Waals surface area contributed by atoms with Crippen molar-refractivity contribution in [1.82, 2.24) is 19.0 Å². The van der Waals surface area contributed by atoms with Gasteiger partial charge in [0.1, 0.15) is 6.61 Å². The minimum Gasteiger partial charge on any atom is -0.475 e. The van der Waals surface area contributed by atoms with Gasteiger partial charge in [-0.1, -0.05) is 60.7 Å². The molecule has 0 N–H and O–H groups in total. The molecule has 1 saturated heterocycles. The molecule has 2 aromatic carbocycles. The zero-order valence-electron chi connectivity index (χ0n) is 18.6. The van der Waals surface area contributed by atoms with E-state index in [4.69, 9.17) is 9.47 Å². The first-order chi connectivity index (χ1) is 16.0. The zero-order chi connectivity index (χ0) is 22.8. The van der Waals surface area contributed by atoms with Crippen molar-refractivity contribution in [3.05, 3.63) is 78.0 Å². The van der Waals surface area contributed by atoms with E-state index in [0.717, 1.165) is 24.2 Å². The lowest BCUT2D eigenvalue weighted by Gasteiger charge is -2.44. The molecule has 8 nitrogen and oxygen atoms in total. The van der Waals surface area contributed by atoms with Gasteiger partial charge in [-0.3, -0.25) is 4.90 Å². The minimum atomic E-state index is -3.85. The van der Waals surface area contributed by atoms with Gasteiger partial charge < -0.3 is 9.47 Å². The smallest absolute Gasteiger partial charge is 0.250 e. The van der Waals surface area contributed by atoms with Gasteiger partial charge in [0.05, 0.1) is 24.9 Å². The highest BCUT2D eigenvalue weighted by Gasteiger charge is 2.38. The van der Waals surface area contributed by atoms with Crippen LogP contribution in [0.5, 0.6) is 5.88 Å². The van der Waals surface area contributed by atoms with Crippen LogP contribution in [0.15, 0.2) is 71.8 Å². The Morgan fingerprint density at radius 3 is 2.18 bits per heavy atom. The quantitative estimate of drug-likeness (QED) is 0.505. The van der Waals surface area contributed by atoms with Gasteiger partial charge >= 0.3 is 0 Å². The number of methoxy groups -OCH3 is 1. The largest absolute Gasteiger partial charge is 0.475 e. The molecule has 0 saturated carbocycles. The number of likely N-dealkylation sites (tertiary alicyclic amines) is 1. The summed E-state index contributed by atoms with van der Waals surface area (Å²) in [6, 6.07) is 19.4. The molecule has 33 heavy (non-hydrogen) atoms. The average Bonchev–Trinajstić information content (AvgIpc) is 3.24. The number of aromatic nitrogens is 2. The molecule has 0 amide bonds. The second kappa shape index (κ2) is 9.26. The maximum atomic E-state index is 13.8. The van der Waals surface area contributed by atoms with Crippen LogP contribution in [0.3, 0.4) is 0 Å². The number of fused-ring (bicyclic) bond motifs is 1. The third kappa shape index (κ3) is 4.54. The van der Waals surface area contributed by atoms with Crippen LogP contribution in [0.1, 0.15) is 11.1 Å². The van der Waals surface area contributed by atoms with Crippen LogP contribution < -0.4 is 4.74 Å². The average molecular weight is 469 g/mol. The van der Waals surface area contributed by atoms with E-state index in [-0.39, 0.29) is 30.1 Å². The summed E-state index contributed by atoms with van der Waals surface area (Å²) in [4.78, 5) is 2.40. The number of rotatable bonds is 8. The summed E-state index contributed by atoms with van der Waals surface area (Å²) < 4.78 is 42.1. The van der Waals surface area contributed by atoms with Gasteiger partial charge in [0, 0.05) is 33.3 Å². The first-order valence-electron chi connectivity index (χ1n) is 11.1. The molecule has 1 aromatic heterocycles. The van der Waals surface area contributed by atoms with E-state index in [2.05, 4.69) is 10.00 Å². The van der Waals surface area contributed by atoms with E-state index < -0.39 is 10.0 Å². The Morgan fingerprint density at radius 2 is 1.61 bits per heavy atom. The van der Waals surface area contributed by atoms with Gasteiger partial charge in [-0.15, -0.1) is 0 Å². The summed E-state index contributed by atoms with van der Waals surface area (Å²) in [5.41, 5.74) is 1.84. The molecule has 2 aliphatic heterocycles. The molecule has 0 aliphatic carbocycles. The first-order valence-corrected chi connectivity index (χ1v) is 12.5. The second-order valence-corrected chi connectivity index (χ2v) is 10.4. The van der Waals surface area contributed by atoms with E-state index in [9.17, 15) is 8.42 Å². The third-order valence-corrected chi connectivity index (χ3v) is 8.08. The molecule has 1 fully saturated rings. The van der Waals surface area contributed by atoms with Crippen LogP contribution in [0.25, 0.3) is 0 Å². The van der Waals surface area contributed by atoms with Gasteiger partial charge in [-0.25, -0.2) is 13.1 Å². The summed E-state index contributed by atoms with van der Waals surface area (Å²) in [7, 11) is -2.13. The summed E-state index contributed by atoms with van der Waals surface area (Å²) in [5.74, 6) is 0.321. The standard InChI is InChI=1S/C24H28N4O4S/c1-31-22-16-26(17-22)21-15-28-24(32-18-21)23(12-25-28)33(29,30)27(13-19-8-4-2-5-9-19)14-20-10-6-3-7-11-20/h2-12,21-22H,13-18H2,1H3. The van der Waals surface area contributed by atoms with Crippen LogP contribution in [0, 0.1) is 0 Å². The highest BCUT2D eigenvalue weighted by atomic mass is 32.2. The van der Waals surface area contributed by atoms with Crippen molar-refractivity contribution in [2.24, 2.45) is 0 Å². The summed E-state index contributed by atoms with van der Waals surface area (Å²) in [6.45, 7) is 3.26. The Balaban J connectivity index is 1.40. The number of sulfonamides is 1. The van der Waals surface area contributed by atoms with Gasteiger partial charge in [0.2, 0.25) is 5.88 Å². The SMILES string of the molecule is COC1CN(C2COc3c(S(=O)(=O)N(Cc4ccccc4)Cc4ccccc4)cnn3C2)C1. The van der Waals surface area contributed by atoms with Crippen molar-refractivity contribution in [3.8, 4) is 5.88 Å². The number of nitrogens with zero attached hydrogens (tertiary/aromatic N) is 4. The molecule has 1 unspecified atom stereocenters. The summed E-state index contributed by atoms with van der Waals surface area (Å²) in [6.07, 6.45) is 1.67. The molecular weight excluding hydrogens is 440 g/mol. The van der Waals surface area contributed by atoms with Gasteiger partial charge in [-0.05, 0) is 11.1 Å². The molecule has 3 aromatic rings. The number of hydrogen-bond donors (Lipinski definition) is 0. The Labute approximate surface area is 194 Å². The molecule has 5 rings (SSSR count). The minimum absolute atomic E-state index is 0.117. The van der Waals surface area contributed by atoms with E-state index in [1.807, 2.05) is 60.7 Å². The molecular formula is C24H28N4O4S. The lowest BCUT2D eigenvalue weighted by Crippen LogP contribution is -2.59. The third-order valence-electron chi connectivity index (χ3n) is 6.30. The number of hydrogen-bond acceptors (Lipinski definition) is 6. The second-order valence-electron chi connectivity index (χ2n) is 8.52. The van der Waals surface area contributed by atoms with Crippen LogP contribution in [-0.4, -0.2) is 66.4 Å². The Bertz CT molecular complexity index is 1140. The Hall–Kier alpha value is -2.72. The normalized spacial score (nSPS) is 19.2. The molecule has 0 radical (unpaired) electrons. The van der Waals surface area contributed by atoms with Crippen molar-refractivity contribution in [1.29, 1.82) is 0 Å². The maximum absolute atomic E-state index is 13.8. The topological polar surface area (TPSA) is 76.9 Å². The van der Waals surface area contributed by atoms with E-state index in [1.54, 1.807) is 11.8 Å². The Morgan fingerprint density at radius 1 is 1.00 bits per heavy atom. The Kier molecular flexibility index (Phi) is 6.20. The number of ether oxygens (including phenoxy) is 2. The van der Waals surface area contributed by atoms with Gasteiger partial charge in [0.15, 0.2) is 4.90 Å².